The van der Waals surface area contributed by atoms with E-state index in [0.29, 0.717) is 27.6 Å². The summed E-state index contributed by atoms with van der Waals surface area (Å²) in [7, 11) is 0. The maximum Gasteiger partial charge on any atom is 0.434 e. The summed E-state index contributed by atoms with van der Waals surface area (Å²) < 4.78 is 42.7. The molecule has 3 aromatic carbocycles. The number of unbranched alkanes of at least 4 members (excludes halogenated alkanes) is 2. The van der Waals surface area contributed by atoms with E-state index < -0.39 is 11.9 Å². The van der Waals surface area contributed by atoms with E-state index in [1.165, 1.54) is 11.1 Å². The van der Waals surface area contributed by atoms with Crippen molar-refractivity contribution in [3.8, 4) is 23.0 Å². The van der Waals surface area contributed by atoms with Crippen LogP contribution in [0.15, 0.2) is 72.8 Å². The van der Waals surface area contributed by atoms with E-state index in [9.17, 15) is 13.2 Å². The zero-order valence-electron chi connectivity index (χ0n) is 20.8. The van der Waals surface area contributed by atoms with Gasteiger partial charge in [-0.25, -0.2) is 4.98 Å². The zero-order chi connectivity index (χ0) is 25.5. The first-order valence-electron chi connectivity index (χ1n) is 12.6. The predicted molar refractivity (Wildman–Crippen MR) is 142 cm³/mol. The van der Waals surface area contributed by atoms with Crippen molar-refractivity contribution in [1.29, 1.82) is 0 Å². The van der Waals surface area contributed by atoms with Crippen molar-refractivity contribution < 1.29 is 13.2 Å². The molecule has 0 fully saturated rings. The number of nitrogens with zero attached hydrogens (tertiary/aromatic N) is 1. The van der Waals surface area contributed by atoms with Crippen LogP contribution >= 0.6 is 0 Å². The standard InChI is InChI=1S/C32H30F3N/c1-3-5-9-23-13-15-25(16-14-23)19-22-28-30(26-20-17-24(18-21-26)10-6-4-2)27-11-7-8-12-29(27)36-31(28)32(33,34)35/h7-8,11-18,20-21H,3-6,9-10H2,1-2H3. The number of alkyl halides is 3. The van der Waals surface area contributed by atoms with Crippen LogP contribution in [0.25, 0.3) is 22.0 Å². The van der Waals surface area contributed by atoms with E-state index in [1.807, 2.05) is 60.7 Å². The highest BCUT2D eigenvalue weighted by molar-refractivity contribution is 5.98. The Labute approximate surface area is 211 Å². The van der Waals surface area contributed by atoms with Gasteiger partial charge in [0.1, 0.15) is 0 Å². The smallest absolute Gasteiger partial charge is 0.242 e. The van der Waals surface area contributed by atoms with Crippen molar-refractivity contribution in [3.05, 3.63) is 101 Å². The second kappa shape index (κ2) is 11.4. The third-order valence-electron chi connectivity index (χ3n) is 6.33. The minimum Gasteiger partial charge on any atom is -0.242 e. The molecule has 0 aliphatic rings. The number of aromatic nitrogens is 1. The van der Waals surface area contributed by atoms with Crippen LogP contribution < -0.4 is 0 Å². The number of para-hydroxylation sites is 1. The minimum absolute atomic E-state index is 0.0856. The molecule has 1 nitrogen and oxygen atoms in total. The second-order valence-corrected chi connectivity index (χ2v) is 9.08. The zero-order valence-corrected chi connectivity index (χ0v) is 20.8. The van der Waals surface area contributed by atoms with Crippen LogP contribution in [0.4, 0.5) is 13.2 Å². The number of rotatable bonds is 7. The quantitative estimate of drug-likeness (QED) is 0.238. The summed E-state index contributed by atoms with van der Waals surface area (Å²) >= 11 is 0. The maximum absolute atomic E-state index is 14.2. The lowest BCUT2D eigenvalue weighted by Gasteiger charge is -2.16. The van der Waals surface area contributed by atoms with Crippen molar-refractivity contribution in [2.75, 3.05) is 0 Å². The fourth-order valence-electron chi connectivity index (χ4n) is 4.33. The van der Waals surface area contributed by atoms with Gasteiger partial charge in [-0.15, -0.1) is 0 Å². The van der Waals surface area contributed by atoms with Crippen molar-refractivity contribution >= 4 is 10.9 Å². The molecule has 0 radical (unpaired) electrons. The van der Waals surface area contributed by atoms with Gasteiger partial charge in [0, 0.05) is 16.5 Å². The molecule has 1 heterocycles. The van der Waals surface area contributed by atoms with Crippen LogP contribution in [-0.4, -0.2) is 4.98 Å². The molecule has 1 aromatic heterocycles. The Morgan fingerprint density at radius 1 is 0.722 bits per heavy atom. The topological polar surface area (TPSA) is 12.9 Å². The largest absolute Gasteiger partial charge is 0.434 e. The van der Waals surface area contributed by atoms with Gasteiger partial charge in [0.25, 0.3) is 0 Å². The van der Waals surface area contributed by atoms with Gasteiger partial charge < -0.3 is 0 Å². The fourth-order valence-corrected chi connectivity index (χ4v) is 4.33. The van der Waals surface area contributed by atoms with Gasteiger partial charge in [-0.1, -0.05) is 93.1 Å². The lowest BCUT2D eigenvalue weighted by molar-refractivity contribution is -0.141. The number of hydrogen-bond acceptors (Lipinski definition) is 1. The molecule has 0 aliphatic heterocycles. The molecule has 0 aliphatic carbocycles. The van der Waals surface area contributed by atoms with Crippen molar-refractivity contribution in [2.45, 2.75) is 58.5 Å². The molecule has 0 saturated carbocycles. The van der Waals surface area contributed by atoms with E-state index in [1.54, 1.807) is 12.1 Å². The molecule has 0 amide bonds. The predicted octanol–water partition coefficient (Wildman–Crippen LogP) is 9.01. The van der Waals surface area contributed by atoms with Gasteiger partial charge in [0.15, 0.2) is 5.69 Å². The average molecular weight is 486 g/mol. The Morgan fingerprint density at radius 2 is 1.31 bits per heavy atom. The number of benzene rings is 3. The first-order chi connectivity index (χ1) is 17.4. The Morgan fingerprint density at radius 3 is 1.89 bits per heavy atom. The average Bonchev–Trinajstić information content (AvgIpc) is 2.89. The van der Waals surface area contributed by atoms with Gasteiger partial charge in [0.05, 0.1) is 11.1 Å². The van der Waals surface area contributed by atoms with Gasteiger partial charge in [-0.05, 0) is 60.6 Å². The van der Waals surface area contributed by atoms with E-state index >= 15 is 0 Å². The number of halogens is 3. The summed E-state index contributed by atoms with van der Waals surface area (Å²) in [5.74, 6) is 5.86. The summed E-state index contributed by atoms with van der Waals surface area (Å²) in [5.41, 5.74) is 3.51. The molecule has 0 atom stereocenters. The van der Waals surface area contributed by atoms with E-state index in [4.69, 9.17) is 0 Å². The Bertz CT molecular complexity index is 1370. The highest BCUT2D eigenvalue weighted by Crippen LogP contribution is 2.39. The Hall–Kier alpha value is -3.58. The van der Waals surface area contributed by atoms with E-state index in [2.05, 4.69) is 30.7 Å². The normalized spacial score (nSPS) is 11.4. The Kier molecular flexibility index (Phi) is 8.10. The molecule has 0 saturated heterocycles. The molecule has 4 heteroatoms. The van der Waals surface area contributed by atoms with Crippen molar-refractivity contribution in [1.82, 2.24) is 4.98 Å². The molecule has 184 valence electrons. The minimum atomic E-state index is -4.63. The monoisotopic (exact) mass is 485 g/mol. The lowest BCUT2D eigenvalue weighted by atomic mass is 9.92. The van der Waals surface area contributed by atoms with Gasteiger partial charge in [-0.2, -0.15) is 13.2 Å². The van der Waals surface area contributed by atoms with Crippen LogP contribution in [-0.2, 0) is 19.0 Å². The third kappa shape index (κ3) is 5.97. The van der Waals surface area contributed by atoms with Gasteiger partial charge >= 0.3 is 6.18 Å². The van der Waals surface area contributed by atoms with Crippen LogP contribution in [0.2, 0.25) is 0 Å². The van der Waals surface area contributed by atoms with Crippen LogP contribution in [0.5, 0.6) is 0 Å². The van der Waals surface area contributed by atoms with E-state index in [0.717, 1.165) is 38.5 Å². The number of hydrogen-bond donors (Lipinski definition) is 0. The second-order valence-electron chi connectivity index (χ2n) is 9.08. The van der Waals surface area contributed by atoms with Crippen LogP contribution in [0.1, 0.15) is 67.5 Å². The highest BCUT2D eigenvalue weighted by atomic mass is 19.4. The molecule has 4 rings (SSSR count). The lowest BCUT2D eigenvalue weighted by Crippen LogP contribution is -2.12. The number of aryl methyl sites for hydroxylation is 2. The summed E-state index contributed by atoms with van der Waals surface area (Å²) in [4.78, 5) is 4.02. The first-order valence-corrected chi connectivity index (χ1v) is 12.6. The summed E-state index contributed by atoms with van der Waals surface area (Å²) in [6.07, 6.45) is 1.67. The fraction of sp³-hybridized carbons (Fsp3) is 0.281. The first kappa shape index (κ1) is 25.5. The molecule has 0 unspecified atom stereocenters. The molecule has 4 aromatic rings. The third-order valence-corrected chi connectivity index (χ3v) is 6.33. The summed E-state index contributed by atoms with van der Waals surface area (Å²) in [6.45, 7) is 4.28. The summed E-state index contributed by atoms with van der Waals surface area (Å²) in [6, 6.07) is 22.5. The molecular formula is C32H30F3N. The molecule has 0 spiro atoms. The van der Waals surface area contributed by atoms with Crippen molar-refractivity contribution in [3.63, 3.8) is 0 Å². The van der Waals surface area contributed by atoms with Gasteiger partial charge in [0.2, 0.25) is 0 Å². The highest BCUT2D eigenvalue weighted by Gasteiger charge is 2.37. The SMILES string of the molecule is CCCCc1ccc(C#Cc2c(C(F)(F)F)nc3ccccc3c2-c2ccc(CCCC)cc2)cc1. The van der Waals surface area contributed by atoms with Crippen LogP contribution in [0.3, 0.4) is 0 Å². The van der Waals surface area contributed by atoms with E-state index in [-0.39, 0.29) is 5.56 Å². The molecule has 0 bridgehead atoms. The molecule has 0 N–H and O–H groups in total. The molecular weight excluding hydrogens is 455 g/mol. The van der Waals surface area contributed by atoms with Gasteiger partial charge in [-0.3, -0.25) is 0 Å². The molecule has 36 heavy (non-hydrogen) atoms. The number of fused-ring (bicyclic) bond motifs is 1. The van der Waals surface area contributed by atoms with Crippen molar-refractivity contribution in [2.24, 2.45) is 0 Å². The Balaban J connectivity index is 1.87. The van der Waals surface area contributed by atoms with Crippen LogP contribution in [0, 0.1) is 11.8 Å². The number of pyridine rings is 1. The maximum atomic E-state index is 14.2. The summed E-state index contributed by atoms with van der Waals surface area (Å²) in [5, 5.41) is 0.658.